The first-order valence-electron chi connectivity index (χ1n) is 7.94. The summed E-state index contributed by atoms with van der Waals surface area (Å²) in [6.45, 7) is 8.23. The lowest BCUT2D eigenvalue weighted by molar-refractivity contribution is -0.139. The van der Waals surface area contributed by atoms with Gasteiger partial charge in [0.25, 0.3) is 0 Å². The molecule has 0 aliphatic rings. The number of aliphatic carboxylic acids is 1. The van der Waals surface area contributed by atoms with Crippen LogP contribution in [-0.4, -0.2) is 34.2 Å². The van der Waals surface area contributed by atoms with Crippen LogP contribution in [0.3, 0.4) is 0 Å². The van der Waals surface area contributed by atoms with Crippen LogP contribution in [0.2, 0.25) is 0 Å². The number of unbranched alkanes of at least 4 members (excludes halogenated alkanes) is 1. The smallest absolute Gasteiger partial charge is 0.303 e. The summed E-state index contributed by atoms with van der Waals surface area (Å²) in [6, 6.07) is 0. The third-order valence-corrected chi connectivity index (χ3v) is 4.39. The molecular formula is C16H31O5P. The summed E-state index contributed by atoms with van der Waals surface area (Å²) in [7, 11) is 0.131. The lowest BCUT2D eigenvalue weighted by atomic mass is 9.84. The first-order chi connectivity index (χ1) is 10.1. The van der Waals surface area contributed by atoms with Crippen LogP contribution in [-0.2, 0) is 14.1 Å². The summed E-state index contributed by atoms with van der Waals surface area (Å²) in [4.78, 5) is 10.7. The zero-order valence-corrected chi connectivity index (χ0v) is 15.2. The summed E-state index contributed by atoms with van der Waals surface area (Å²) in [5.74, 6) is -0.767. The molecule has 0 bridgehead atoms. The first kappa shape index (κ1) is 21.5. The predicted octanol–water partition coefficient (Wildman–Crippen LogP) is 4.23. The van der Waals surface area contributed by atoms with E-state index >= 15 is 0 Å². The van der Waals surface area contributed by atoms with Gasteiger partial charge in [0.1, 0.15) is 0 Å². The molecule has 0 aromatic heterocycles. The van der Waals surface area contributed by atoms with Gasteiger partial charge < -0.3 is 14.9 Å². The number of carbonyl (C=O) groups is 1. The molecule has 0 aliphatic heterocycles. The molecule has 0 aromatic carbocycles. The van der Waals surface area contributed by atoms with Gasteiger partial charge in [0, 0.05) is 11.8 Å². The Kier molecular flexibility index (Phi) is 10.1. The average molecular weight is 334 g/mol. The molecule has 0 saturated heterocycles. The lowest BCUT2D eigenvalue weighted by Crippen LogP contribution is -2.18. The fourth-order valence-electron chi connectivity index (χ4n) is 2.26. The standard InChI is InChI=1S/C16H31O5P/c1-15(2,12-13(17)18)9-5-6-11-21-14(19)8-7-10-16(3,4)22-20/h14,19H,5-12H2,1-4H3,(H,17,18). The second kappa shape index (κ2) is 10.3. The van der Waals surface area contributed by atoms with Crippen molar-refractivity contribution in [1.82, 2.24) is 0 Å². The molecule has 0 saturated carbocycles. The van der Waals surface area contributed by atoms with E-state index in [-0.39, 0.29) is 25.5 Å². The first-order valence-corrected chi connectivity index (χ1v) is 8.75. The molecule has 5 nitrogen and oxygen atoms in total. The maximum atomic E-state index is 10.9. The van der Waals surface area contributed by atoms with Crippen LogP contribution in [0, 0.1) is 5.41 Å². The van der Waals surface area contributed by atoms with Gasteiger partial charge in [-0.2, -0.15) is 0 Å². The van der Waals surface area contributed by atoms with Crippen molar-refractivity contribution in [1.29, 1.82) is 0 Å². The molecular weight excluding hydrogens is 303 g/mol. The summed E-state index contributed by atoms with van der Waals surface area (Å²) < 4.78 is 16.2. The Hall–Kier alpha value is -0.510. The highest BCUT2D eigenvalue weighted by Crippen LogP contribution is 2.28. The van der Waals surface area contributed by atoms with Gasteiger partial charge in [0.15, 0.2) is 14.8 Å². The van der Waals surface area contributed by atoms with Crippen molar-refractivity contribution in [2.45, 2.75) is 84.1 Å². The van der Waals surface area contributed by atoms with E-state index in [1.165, 1.54) is 0 Å². The van der Waals surface area contributed by atoms with Gasteiger partial charge in [-0.1, -0.05) is 20.3 Å². The van der Waals surface area contributed by atoms with E-state index in [1.807, 2.05) is 27.7 Å². The number of hydrogen-bond acceptors (Lipinski definition) is 4. The van der Waals surface area contributed by atoms with Gasteiger partial charge in [-0.25, -0.2) is 0 Å². The Labute approximate surface area is 135 Å². The largest absolute Gasteiger partial charge is 0.481 e. The Morgan fingerprint density at radius 1 is 1.14 bits per heavy atom. The average Bonchev–Trinajstić information content (AvgIpc) is 2.36. The zero-order valence-electron chi connectivity index (χ0n) is 14.3. The fourth-order valence-corrected chi connectivity index (χ4v) is 2.51. The van der Waals surface area contributed by atoms with Crippen molar-refractivity contribution in [3.8, 4) is 0 Å². The SMILES string of the molecule is CC(C)(CCCCOC(O)CCCC(C)(C)P=O)CC(=O)O. The highest BCUT2D eigenvalue weighted by Gasteiger charge is 2.21. The highest BCUT2D eigenvalue weighted by atomic mass is 31.1. The number of ether oxygens (including phenoxy) is 1. The number of aliphatic hydroxyl groups is 1. The van der Waals surface area contributed by atoms with Crippen molar-refractivity contribution in [2.24, 2.45) is 5.41 Å². The third-order valence-electron chi connectivity index (χ3n) is 3.67. The number of hydrogen-bond donors (Lipinski definition) is 2. The second-order valence-corrected chi connectivity index (χ2v) is 8.71. The molecule has 1 unspecified atom stereocenters. The lowest BCUT2D eigenvalue weighted by Gasteiger charge is -2.22. The normalized spacial score (nSPS) is 14.2. The van der Waals surface area contributed by atoms with Crippen molar-refractivity contribution >= 4 is 14.4 Å². The zero-order chi connectivity index (χ0) is 17.2. The van der Waals surface area contributed by atoms with E-state index in [0.29, 0.717) is 13.0 Å². The molecule has 22 heavy (non-hydrogen) atoms. The number of rotatable bonds is 13. The van der Waals surface area contributed by atoms with Crippen molar-refractivity contribution in [2.75, 3.05) is 6.61 Å². The topological polar surface area (TPSA) is 83.8 Å². The minimum atomic E-state index is -0.772. The Bertz CT molecular complexity index is 341. The molecule has 0 amide bonds. The number of aliphatic hydroxyl groups excluding tert-OH is 1. The Morgan fingerprint density at radius 3 is 2.32 bits per heavy atom. The van der Waals surface area contributed by atoms with E-state index in [2.05, 4.69) is 0 Å². The Morgan fingerprint density at radius 2 is 1.77 bits per heavy atom. The molecule has 0 heterocycles. The van der Waals surface area contributed by atoms with E-state index in [4.69, 9.17) is 9.84 Å². The van der Waals surface area contributed by atoms with Crippen LogP contribution < -0.4 is 0 Å². The fraction of sp³-hybridized carbons (Fsp3) is 0.938. The van der Waals surface area contributed by atoms with Crippen LogP contribution in [0.25, 0.3) is 0 Å². The molecule has 130 valence electrons. The van der Waals surface area contributed by atoms with Crippen LogP contribution >= 0.6 is 8.46 Å². The molecule has 0 spiro atoms. The quantitative estimate of drug-likeness (QED) is 0.299. The summed E-state index contributed by atoms with van der Waals surface area (Å²) in [6.07, 6.45) is 4.02. The van der Waals surface area contributed by atoms with Gasteiger partial charge in [-0.3, -0.25) is 9.36 Å². The van der Waals surface area contributed by atoms with Gasteiger partial charge in [-0.15, -0.1) is 0 Å². The number of carboxylic acid groups (broad SMARTS) is 1. The van der Waals surface area contributed by atoms with Crippen molar-refractivity contribution in [3.63, 3.8) is 0 Å². The minimum Gasteiger partial charge on any atom is -0.481 e. The van der Waals surface area contributed by atoms with Gasteiger partial charge in [-0.05, 0) is 51.4 Å². The predicted molar refractivity (Wildman–Crippen MR) is 87.4 cm³/mol. The van der Waals surface area contributed by atoms with Crippen LogP contribution in [0.5, 0.6) is 0 Å². The molecule has 0 radical (unpaired) electrons. The van der Waals surface area contributed by atoms with Crippen molar-refractivity contribution < 1.29 is 24.3 Å². The van der Waals surface area contributed by atoms with E-state index < -0.39 is 12.3 Å². The highest BCUT2D eigenvalue weighted by molar-refractivity contribution is 7.25. The van der Waals surface area contributed by atoms with E-state index in [0.717, 1.165) is 32.1 Å². The van der Waals surface area contributed by atoms with E-state index in [9.17, 15) is 14.5 Å². The summed E-state index contributed by atoms with van der Waals surface area (Å²) in [5, 5.41) is 18.3. The summed E-state index contributed by atoms with van der Waals surface area (Å²) in [5.41, 5.74) is -0.201. The molecule has 6 heteroatoms. The van der Waals surface area contributed by atoms with Gasteiger partial charge in [0.05, 0.1) is 6.42 Å². The second-order valence-electron chi connectivity index (χ2n) is 7.31. The van der Waals surface area contributed by atoms with E-state index in [1.54, 1.807) is 0 Å². The molecule has 0 rings (SSSR count). The minimum absolute atomic E-state index is 0.131. The van der Waals surface area contributed by atoms with Gasteiger partial charge >= 0.3 is 5.97 Å². The molecule has 0 aliphatic carbocycles. The molecule has 0 fully saturated rings. The maximum absolute atomic E-state index is 10.9. The van der Waals surface area contributed by atoms with Crippen LogP contribution in [0.1, 0.15) is 72.6 Å². The van der Waals surface area contributed by atoms with Crippen molar-refractivity contribution in [3.05, 3.63) is 0 Å². The van der Waals surface area contributed by atoms with Crippen LogP contribution in [0.15, 0.2) is 0 Å². The summed E-state index contributed by atoms with van der Waals surface area (Å²) >= 11 is 0. The molecule has 0 aromatic rings. The number of carboxylic acids is 1. The molecule has 1 atom stereocenters. The third kappa shape index (κ3) is 12.1. The molecule has 2 N–H and O–H groups in total. The maximum Gasteiger partial charge on any atom is 0.303 e. The monoisotopic (exact) mass is 334 g/mol. The van der Waals surface area contributed by atoms with Gasteiger partial charge in [0.2, 0.25) is 0 Å². The van der Waals surface area contributed by atoms with Crippen LogP contribution in [0.4, 0.5) is 0 Å². The Balaban J connectivity index is 3.66.